The average Bonchev–Trinajstić information content (AvgIpc) is 2.92. The van der Waals surface area contributed by atoms with Crippen molar-refractivity contribution in [2.75, 3.05) is 13.6 Å². The Balaban J connectivity index is 1.69. The summed E-state index contributed by atoms with van der Waals surface area (Å²) >= 11 is 6.23. The monoisotopic (exact) mass is 358 g/mol. The van der Waals surface area contributed by atoms with Gasteiger partial charge in [0.1, 0.15) is 6.67 Å². The van der Waals surface area contributed by atoms with E-state index in [1.54, 1.807) is 12.4 Å². The van der Waals surface area contributed by atoms with Gasteiger partial charge in [-0.05, 0) is 49.2 Å². The molecular formula is C19H20ClFN4. The van der Waals surface area contributed by atoms with Crippen molar-refractivity contribution in [3.63, 3.8) is 0 Å². The first kappa shape index (κ1) is 16.5. The summed E-state index contributed by atoms with van der Waals surface area (Å²) in [5, 5.41) is 2.04. The third kappa shape index (κ3) is 3.14. The third-order valence-electron chi connectivity index (χ3n) is 4.91. The number of alkyl halides is 1. The minimum absolute atomic E-state index is 0.240. The van der Waals surface area contributed by atoms with Gasteiger partial charge >= 0.3 is 0 Å². The molecule has 1 aliphatic heterocycles. The van der Waals surface area contributed by atoms with E-state index in [9.17, 15) is 4.39 Å². The Kier molecular flexibility index (Phi) is 4.44. The van der Waals surface area contributed by atoms with Crippen LogP contribution in [0.15, 0.2) is 30.6 Å². The molecular weight excluding hydrogens is 339 g/mol. The zero-order valence-electron chi connectivity index (χ0n) is 14.2. The maximum Gasteiger partial charge on any atom is 0.159 e. The quantitative estimate of drug-likeness (QED) is 0.711. The predicted octanol–water partition coefficient (Wildman–Crippen LogP) is 3.78. The molecule has 130 valence electrons. The summed E-state index contributed by atoms with van der Waals surface area (Å²) in [5.41, 5.74) is 5.03. The molecule has 0 atom stereocenters. The van der Waals surface area contributed by atoms with Crippen LogP contribution >= 0.6 is 11.6 Å². The topological polar surface area (TPSA) is 34.0 Å². The van der Waals surface area contributed by atoms with E-state index in [0.717, 1.165) is 43.1 Å². The summed E-state index contributed by atoms with van der Waals surface area (Å²) in [6, 6.07) is 6.14. The lowest BCUT2D eigenvalue weighted by Gasteiger charge is -2.24. The molecule has 3 heterocycles. The summed E-state index contributed by atoms with van der Waals surface area (Å²) in [6.07, 6.45) is 5.31. The SMILES string of the molecule is CN1CCc2c(n(CCc3cnc(CF)nc3)c3ccc(Cl)cc23)C1. The summed E-state index contributed by atoms with van der Waals surface area (Å²) in [5.74, 6) is 0.240. The molecule has 6 heteroatoms. The third-order valence-corrected chi connectivity index (χ3v) is 5.15. The minimum Gasteiger partial charge on any atom is -0.343 e. The van der Waals surface area contributed by atoms with Crippen molar-refractivity contribution < 1.29 is 4.39 Å². The number of likely N-dealkylation sites (N-methyl/N-ethyl adjacent to an activating group) is 1. The van der Waals surface area contributed by atoms with Crippen LogP contribution in [0, 0.1) is 0 Å². The highest BCUT2D eigenvalue weighted by Crippen LogP contribution is 2.32. The highest BCUT2D eigenvalue weighted by Gasteiger charge is 2.22. The number of halogens is 2. The van der Waals surface area contributed by atoms with Gasteiger partial charge in [-0.2, -0.15) is 0 Å². The second kappa shape index (κ2) is 6.73. The van der Waals surface area contributed by atoms with Gasteiger partial charge in [0.15, 0.2) is 5.82 Å². The number of hydrogen-bond acceptors (Lipinski definition) is 3. The van der Waals surface area contributed by atoms with Crippen molar-refractivity contribution in [1.82, 2.24) is 19.4 Å². The normalized spacial score (nSPS) is 14.8. The Morgan fingerprint density at radius 2 is 2.04 bits per heavy atom. The molecule has 2 aromatic heterocycles. The van der Waals surface area contributed by atoms with Crippen molar-refractivity contribution in [2.45, 2.75) is 32.6 Å². The fraction of sp³-hybridized carbons (Fsp3) is 0.368. The van der Waals surface area contributed by atoms with Crippen molar-refractivity contribution in [3.05, 3.63) is 58.3 Å². The van der Waals surface area contributed by atoms with Crippen molar-refractivity contribution in [2.24, 2.45) is 0 Å². The standard InChI is InChI=1S/C19H20ClFN4/c1-24-6-5-15-16-8-14(20)2-3-17(16)25(18(15)12-24)7-4-13-10-22-19(9-21)23-11-13/h2-3,8,10-11H,4-7,9,12H2,1H3. The highest BCUT2D eigenvalue weighted by atomic mass is 35.5. The maximum absolute atomic E-state index is 12.6. The zero-order chi connectivity index (χ0) is 17.4. The van der Waals surface area contributed by atoms with Gasteiger partial charge in [-0.1, -0.05) is 11.6 Å². The lowest BCUT2D eigenvalue weighted by atomic mass is 10.0. The number of hydrogen-bond donors (Lipinski definition) is 0. The second-order valence-corrected chi connectivity index (χ2v) is 7.05. The van der Waals surface area contributed by atoms with E-state index in [1.807, 2.05) is 6.07 Å². The van der Waals surface area contributed by atoms with Crippen LogP contribution in [0.25, 0.3) is 10.9 Å². The molecule has 0 saturated carbocycles. The van der Waals surface area contributed by atoms with E-state index in [1.165, 1.54) is 22.2 Å². The summed E-state index contributed by atoms with van der Waals surface area (Å²) in [6.45, 7) is 2.23. The van der Waals surface area contributed by atoms with E-state index < -0.39 is 6.67 Å². The van der Waals surface area contributed by atoms with Crippen LogP contribution in [0.1, 0.15) is 22.6 Å². The van der Waals surface area contributed by atoms with Gasteiger partial charge < -0.3 is 9.47 Å². The van der Waals surface area contributed by atoms with Gasteiger partial charge in [0, 0.05) is 53.6 Å². The molecule has 3 aromatic rings. The number of fused-ring (bicyclic) bond motifs is 3. The summed E-state index contributed by atoms with van der Waals surface area (Å²) in [7, 11) is 2.15. The smallest absolute Gasteiger partial charge is 0.159 e. The van der Waals surface area contributed by atoms with Crippen LogP contribution in [0.5, 0.6) is 0 Å². The Bertz CT molecular complexity index is 904. The number of aryl methyl sites for hydroxylation is 2. The van der Waals surface area contributed by atoms with Crippen molar-refractivity contribution in [3.8, 4) is 0 Å². The Morgan fingerprint density at radius 1 is 1.24 bits per heavy atom. The fourth-order valence-electron chi connectivity index (χ4n) is 3.62. The molecule has 25 heavy (non-hydrogen) atoms. The molecule has 0 unspecified atom stereocenters. The molecule has 0 N–H and O–H groups in total. The highest BCUT2D eigenvalue weighted by molar-refractivity contribution is 6.31. The Morgan fingerprint density at radius 3 is 2.80 bits per heavy atom. The van der Waals surface area contributed by atoms with Crippen LogP contribution in [0.4, 0.5) is 4.39 Å². The maximum atomic E-state index is 12.6. The molecule has 0 aliphatic carbocycles. The molecule has 0 bridgehead atoms. The van der Waals surface area contributed by atoms with E-state index in [2.05, 4.69) is 38.6 Å². The summed E-state index contributed by atoms with van der Waals surface area (Å²) in [4.78, 5) is 10.4. The zero-order valence-corrected chi connectivity index (χ0v) is 14.9. The van der Waals surface area contributed by atoms with E-state index in [4.69, 9.17) is 11.6 Å². The second-order valence-electron chi connectivity index (χ2n) is 6.62. The Hall–Kier alpha value is -1.98. The first-order valence-corrected chi connectivity index (χ1v) is 8.87. The van der Waals surface area contributed by atoms with Gasteiger partial charge in [0.25, 0.3) is 0 Å². The molecule has 0 fully saturated rings. The van der Waals surface area contributed by atoms with Gasteiger partial charge in [-0.15, -0.1) is 0 Å². The number of nitrogens with zero attached hydrogens (tertiary/aromatic N) is 4. The fourth-order valence-corrected chi connectivity index (χ4v) is 3.79. The molecule has 0 amide bonds. The molecule has 0 spiro atoms. The van der Waals surface area contributed by atoms with Crippen molar-refractivity contribution in [1.29, 1.82) is 0 Å². The predicted molar refractivity (Wildman–Crippen MR) is 97.5 cm³/mol. The average molecular weight is 359 g/mol. The lowest BCUT2D eigenvalue weighted by Crippen LogP contribution is -2.28. The Labute approximate surface area is 151 Å². The van der Waals surface area contributed by atoms with Crippen LogP contribution in [0.2, 0.25) is 5.02 Å². The van der Waals surface area contributed by atoms with E-state index >= 15 is 0 Å². The minimum atomic E-state index is -0.622. The molecule has 4 rings (SSSR count). The molecule has 4 nitrogen and oxygen atoms in total. The van der Waals surface area contributed by atoms with Crippen LogP contribution in [-0.2, 0) is 32.6 Å². The molecule has 1 aromatic carbocycles. The first-order valence-electron chi connectivity index (χ1n) is 8.49. The number of benzene rings is 1. The molecule has 0 saturated heterocycles. The van der Waals surface area contributed by atoms with E-state index in [0.29, 0.717) is 0 Å². The largest absolute Gasteiger partial charge is 0.343 e. The van der Waals surface area contributed by atoms with E-state index in [-0.39, 0.29) is 5.82 Å². The van der Waals surface area contributed by atoms with Gasteiger partial charge in [-0.3, -0.25) is 0 Å². The molecule has 1 aliphatic rings. The first-order chi connectivity index (χ1) is 12.2. The number of aromatic nitrogens is 3. The lowest BCUT2D eigenvalue weighted by molar-refractivity contribution is 0.303. The van der Waals surface area contributed by atoms with Crippen molar-refractivity contribution >= 4 is 22.5 Å². The van der Waals surface area contributed by atoms with Gasteiger partial charge in [0.2, 0.25) is 0 Å². The summed E-state index contributed by atoms with van der Waals surface area (Å²) < 4.78 is 14.9. The van der Waals surface area contributed by atoms with Gasteiger partial charge in [-0.25, -0.2) is 14.4 Å². The number of rotatable bonds is 4. The van der Waals surface area contributed by atoms with Gasteiger partial charge in [0.05, 0.1) is 0 Å². The van der Waals surface area contributed by atoms with Crippen LogP contribution in [0.3, 0.4) is 0 Å². The van der Waals surface area contributed by atoms with Crippen LogP contribution in [-0.4, -0.2) is 33.0 Å². The molecule has 0 radical (unpaired) electrons. The van der Waals surface area contributed by atoms with Crippen LogP contribution < -0.4 is 0 Å².